The Morgan fingerprint density at radius 3 is 2.16 bits per heavy atom. The molecule has 1 aliphatic rings. The minimum atomic E-state index is -3.44. The Morgan fingerprint density at radius 2 is 1.68 bits per heavy atom. The maximum absolute atomic E-state index is 13.0. The topological polar surface area (TPSA) is 46.4 Å². The second kappa shape index (κ2) is 7.14. The predicted octanol–water partition coefficient (Wildman–Crippen LogP) is 4.56. The van der Waals surface area contributed by atoms with Gasteiger partial charge < -0.3 is 4.43 Å². The summed E-state index contributed by atoms with van der Waals surface area (Å²) in [6.45, 7) is 15.6. The lowest BCUT2D eigenvalue weighted by Crippen LogP contribution is -2.42. The highest BCUT2D eigenvalue weighted by Gasteiger charge is 2.55. The molecule has 2 rings (SSSR count). The summed E-state index contributed by atoms with van der Waals surface area (Å²) in [5, 5.41) is 0.128. The molecule has 0 aliphatic carbocycles. The molecule has 3 atom stereocenters. The van der Waals surface area contributed by atoms with Crippen LogP contribution in [0.15, 0.2) is 29.2 Å². The summed E-state index contributed by atoms with van der Waals surface area (Å²) in [6.07, 6.45) is 1.86. The van der Waals surface area contributed by atoms with Crippen LogP contribution in [0.5, 0.6) is 0 Å². The van der Waals surface area contributed by atoms with Crippen molar-refractivity contribution in [3.05, 3.63) is 29.8 Å². The molecule has 25 heavy (non-hydrogen) atoms. The Bertz CT molecular complexity index is 692. The Balaban J connectivity index is 2.15. The molecule has 1 aromatic carbocycles. The van der Waals surface area contributed by atoms with Gasteiger partial charge in [0.25, 0.3) is 0 Å². The summed E-state index contributed by atoms with van der Waals surface area (Å²) in [5.74, 6) is 0. The third-order valence-corrected chi connectivity index (χ3v) is 12.1. The van der Waals surface area contributed by atoms with Crippen LogP contribution in [-0.2, 0) is 14.4 Å². The molecule has 0 N–H and O–H groups in total. The normalized spacial score (nSPS) is 24.4. The number of benzene rings is 1. The molecule has 1 aliphatic heterocycles. The molecule has 0 saturated carbocycles. The molecule has 142 valence electrons. The van der Waals surface area contributed by atoms with E-state index in [1.807, 2.05) is 19.1 Å². The van der Waals surface area contributed by atoms with Gasteiger partial charge in [0.1, 0.15) is 0 Å². The predicted molar refractivity (Wildman–Crippen MR) is 106 cm³/mol. The van der Waals surface area contributed by atoms with Crippen molar-refractivity contribution in [1.29, 1.82) is 0 Å². The molecule has 1 aromatic rings. The Morgan fingerprint density at radius 1 is 1.12 bits per heavy atom. The van der Waals surface area contributed by atoms with Gasteiger partial charge in [-0.25, -0.2) is 8.42 Å². The van der Waals surface area contributed by atoms with Crippen molar-refractivity contribution in [1.82, 2.24) is 4.31 Å². The molecular weight excluding hydrogens is 350 g/mol. The van der Waals surface area contributed by atoms with Gasteiger partial charge in [-0.15, -0.1) is 0 Å². The molecule has 0 radical (unpaired) electrons. The zero-order valence-electron chi connectivity index (χ0n) is 16.7. The van der Waals surface area contributed by atoms with Gasteiger partial charge in [-0.3, -0.25) is 0 Å². The lowest BCUT2D eigenvalue weighted by Gasteiger charge is -2.36. The van der Waals surface area contributed by atoms with E-state index in [9.17, 15) is 8.42 Å². The lowest BCUT2D eigenvalue weighted by molar-refractivity contribution is 0.280. The second-order valence-electron chi connectivity index (χ2n) is 8.64. The first kappa shape index (κ1) is 20.6. The maximum atomic E-state index is 13.0. The van der Waals surface area contributed by atoms with Gasteiger partial charge in [-0.05, 0) is 43.6 Å². The number of nitrogens with zero attached hydrogens (tertiary/aromatic N) is 1. The van der Waals surface area contributed by atoms with E-state index in [1.54, 1.807) is 16.4 Å². The third-order valence-electron chi connectivity index (χ3n) is 5.61. The van der Waals surface area contributed by atoms with Crippen molar-refractivity contribution < 1.29 is 12.8 Å². The summed E-state index contributed by atoms with van der Waals surface area (Å²) in [6, 6.07) is 7.16. The first-order valence-electron chi connectivity index (χ1n) is 9.16. The molecule has 0 aromatic heterocycles. The van der Waals surface area contributed by atoms with Crippen LogP contribution in [0.2, 0.25) is 18.1 Å². The van der Waals surface area contributed by atoms with Crippen molar-refractivity contribution >= 4 is 18.3 Å². The van der Waals surface area contributed by atoms with Crippen molar-refractivity contribution in [3.63, 3.8) is 0 Å². The van der Waals surface area contributed by atoms with Gasteiger partial charge in [0.15, 0.2) is 8.32 Å². The molecule has 0 bridgehead atoms. The highest BCUT2D eigenvalue weighted by molar-refractivity contribution is 7.89. The number of hydrogen-bond acceptors (Lipinski definition) is 3. The van der Waals surface area contributed by atoms with E-state index in [0.717, 1.165) is 18.4 Å². The molecule has 1 fully saturated rings. The van der Waals surface area contributed by atoms with Crippen molar-refractivity contribution in [2.24, 2.45) is 0 Å². The van der Waals surface area contributed by atoms with Crippen molar-refractivity contribution in [2.45, 2.75) is 82.6 Å². The van der Waals surface area contributed by atoms with Crippen LogP contribution in [-0.4, -0.2) is 39.7 Å². The number of aryl methyl sites for hydroxylation is 1. The number of rotatable bonds is 7. The highest BCUT2D eigenvalue weighted by atomic mass is 32.2. The van der Waals surface area contributed by atoms with E-state index >= 15 is 0 Å². The summed E-state index contributed by atoms with van der Waals surface area (Å²) in [5.41, 5.74) is 1.06. The molecule has 4 nitrogen and oxygen atoms in total. The first-order valence-corrected chi connectivity index (χ1v) is 13.5. The van der Waals surface area contributed by atoms with Crippen LogP contribution in [0.4, 0.5) is 0 Å². The molecule has 6 heteroatoms. The average molecular weight is 384 g/mol. The van der Waals surface area contributed by atoms with Gasteiger partial charge in [-0.1, -0.05) is 51.8 Å². The van der Waals surface area contributed by atoms with Crippen LogP contribution in [0.3, 0.4) is 0 Å². The Kier molecular flexibility index (Phi) is 5.89. The van der Waals surface area contributed by atoms with Crippen LogP contribution >= 0.6 is 0 Å². The van der Waals surface area contributed by atoms with E-state index in [1.165, 1.54) is 0 Å². The maximum Gasteiger partial charge on any atom is 0.243 e. The van der Waals surface area contributed by atoms with Gasteiger partial charge in [0.05, 0.1) is 17.5 Å². The van der Waals surface area contributed by atoms with Crippen molar-refractivity contribution in [2.75, 3.05) is 6.61 Å². The van der Waals surface area contributed by atoms with E-state index in [2.05, 4.69) is 40.8 Å². The Hall–Kier alpha value is -0.693. The van der Waals surface area contributed by atoms with Gasteiger partial charge in [-0.2, -0.15) is 4.31 Å². The van der Waals surface area contributed by atoms with E-state index < -0.39 is 18.3 Å². The molecular formula is C19H33NO3SSi. The van der Waals surface area contributed by atoms with Gasteiger partial charge in [0, 0.05) is 6.04 Å². The molecule has 0 spiro atoms. The fourth-order valence-corrected chi connectivity index (χ4v) is 5.66. The van der Waals surface area contributed by atoms with Crippen LogP contribution in [0, 0.1) is 6.92 Å². The SMILES string of the molecule is CCCC1C(CO[Si](C)(C)C(C)(C)C)N1S(=O)(=O)c1ccc(C)cc1. The van der Waals surface area contributed by atoms with Crippen LogP contribution in [0.25, 0.3) is 0 Å². The standard InChI is InChI=1S/C19H33NO3SSi/c1-8-9-17-18(14-23-25(6,7)19(3,4)5)20(17)24(21,22)16-12-10-15(2)11-13-16/h10-13,17-18H,8-9,14H2,1-7H3. The number of sulfonamides is 1. The Labute approximate surface area is 154 Å². The second-order valence-corrected chi connectivity index (χ2v) is 15.3. The average Bonchev–Trinajstić information content (AvgIpc) is 3.19. The quantitative estimate of drug-likeness (QED) is 0.512. The van der Waals surface area contributed by atoms with Crippen molar-refractivity contribution in [3.8, 4) is 0 Å². The van der Waals surface area contributed by atoms with E-state index in [0.29, 0.717) is 11.5 Å². The first-order chi connectivity index (χ1) is 11.4. The monoisotopic (exact) mass is 383 g/mol. The van der Waals surface area contributed by atoms with Crippen LogP contribution < -0.4 is 0 Å². The summed E-state index contributed by atoms with van der Waals surface area (Å²) >= 11 is 0. The lowest BCUT2D eigenvalue weighted by atomic mass is 10.2. The smallest absolute Gasteiger partial charge is 0.243 e. The fourth-order valence-electron chi connectivity index (χ4n) is 2.81. The van der Waals surface area contributed by atoms with Gasteiger partial charge >= 0.3 is 0 Å². The summed E-state index contributed by atoms with van der Waals surface area (Å²) in [7, 11) is -5.31. The molecule has 3 unspecified atom stereocenters. The minimum absolute atomic E-state index is 0.0274. The van der Waals surface area contributed by atoms with Crippen LogP contribution in [0.1, 0.15) is 46.1 Å². The summed E-state index contributed by atoms with van der Waals surface area (Å²) in [4.78, 5) is 0.383. The molecule has 1 saturated heterocycles. The molecule has 0 amide bonds. The molecule has 1 heterocycles. The number of hydrogen-bond donors (Lipinski definition) is 0. The van der Waals surface area contributed by atoms with E-state index in [-0.39, 0.29) is 17.1 Å². The highest BCUT2D eigenvalue weighted by Crippen LogP contribution is 2.42. The summed E-state index contributed by atoms with van der Waals surface area (Å²) < 4.78 is 34.0. The van der Waals surface area contributed by atoms with Gasteiger partial charge in [0.2, 0.25) is 10.0 Å². The zero-order chi connectivity index (χ0) is 19.0. The third kappa shape index (κ3) is 4.35. The largest absolute Gasteiger partial charge is 0.415 e. The minimum Gasteiger partial charge on any atom is -0.415 e. The fraction of sp³-hybridized carbons (Fsp3) is 0.684. The van der Waals surface area contributed by atoms with E-state index in [4.69, 9.17) is 4.43 Å². The zero-order valence-corrected chi connectivity index (χ0v) is 18.5.